The van der Waals surface area contributed by atoms with Crippen molar-refractivity contribution < 1.29 is 8.42 Å². The molecule has 0 spiro atoms. The normalized spacial score (nSPS) is 11.4. The van der Waals surface area contributed by atoms with Gasteiger partial charge in [-0.15, -0.1) is 5.10 Å². The molecule has 0 aliphatic carbocycles. The lowest BCUT2D eigenvalue weighted by Crippen LogP contribution is -2.15. The molecule has 1 N–H and O–H groups in total. The maximum absolute atomic E-state index is 12.5. The van der Waals surface area contributed by atoms with Crippen LogP contribution in [0.25, 0.3) is 5.69 Å². The second kappa shape index (κ2) is 7.75. The van der Waals surface area contributed by atoms with Gasteiger partial charge in [-0.2, -0.15) is 4.98 Å². The summed E-state index contributed by atoms with van der Waals surface area (Å²) in [5, 5.41) is 5.10. The molecule has 1 aromatic heterocycles. The summed E-state index contributed by atoms with van der Waals surface area (Å²) in [4.78, 5) is 5.96. The Balaban J connectivity index is 1.80. The van der Waals surface area contributed by atoms with Gasteiger partial charge in [-0.05, 0) is 42.0 Å². The predicted molar refractivity (Wildman–Crippen MR) is 108 cm³/mol. The van der Waals surface area contributed by atoms with Gasteiger partial charge in [0.05, 0.1) is 17.1 Å². The Bertz CT molecular complexity index is 1050. The number of nitrogens with zero attached hydrogens (tertiary/aromatic N) is 4. The summed E-state index contributed by atoms with van der Waals surface area (Å²) in [5.41, 5.74) is 1.60. The summed E-state index contributed by atoms with van der Waals surface area (Å²) in [5.74, 6) is 0.310. The van der Waals surface area contributed by atoms with Crippen molar-refractivity contribution in [2.45, 2.75) is 5.75 Å². The van der Waals surface area contributed by atoms with Crippen LogP contribution in [-0.2, 0) is 15.8 Å². The van der Waals surface area contributed by atoms with Crippen molar-refractivity contribution in [1.82, 2.24) is 14.8 Å². The monoisotopic (exact) mass is 425 g/mol. The zero-order valence-corrected chi connectivity index (χ0v) is 16.9. The average Bonchev–Trinajstić information content (AvgIpc) is 3.03. The number of sulfonamides is 1. The largest absolute Gasteiger partial charge is 0.346 e. The minimum atomic E-state index is -3.65. The molecule has 1 heterocycles. The molecule has 0 aliphatic rings. The number of halogens is 2. The SMILES string of the molecule is CN(C)c1ncn(-c2cccc(NS(=O)(=O)Cc3cc(Cl)cc(Cl)c3)c2)n1. The van der Waals surface area contributed by atoms with E-state index >= 15 is 0 Å². The predicted octanol–water partition coefficient (Wildman–Crippen LogP) is 3.58. The van der Waals surface area contributed by atoms with Crippen molar-refractivity contribution in [2.75, 3.05) is 23.7 Å². The second-order valence-corrected chi connectivity index (χ2v) is 8.67. The third-order valence-corrected chi connectivity index (χ3v) is 5.24. The molecule has 0 fully saturated rings. The highest BCUT2D eigenvalue weighted by molar-refractivity contribution is 7.91. The van der Waals surface area contributed by atoms with Crippen LogP contribution in [0.3, 0.4) is 0 Å². The van der Waals surface area contributed by atoms with Crippen LogP contribution in [0.2, 0.25) is 10.0 Å². The summed E-state index contributed by atoms with van der Waals surface area (Å²) in [6.45, 7) is 0. The van der Waals surface area contributed by atoms with Crippen LogP contribution in [0, 0.1) is 0 Å². The van der Waals surface area contributed by atoms with Crippen LogP contribution in [0.15, 0.2) is 48.8 Å². The van der Waals surface area contributed by atoms with Gasteiger partial charge in [0.2, 0.25) is 16.0 Å². The number of hydrogen-bond acceptors (Lipinski definition) is 5. The number of rotatable bonds is 6. The Morgan fingerprint density at radius 1 is 1.11 bits per heavy atom. The molecule has 0 aliphatic heterocycles. The van der Waals surface area contributed by atoms with E-state index in [4.69, 9.17) is 23.2 Å². The fraction of sp³-hybridized carbons (Fsp3) is 0.176. The summed E-state index contributed by atoms with van der Waals surface area (Å²) in [7, 11) is 0.0300. The molecule has 10 heteroatoms. The van der Waals surface area contributed by atoms with E-state index in [1.165, 1.54) is 0 Å². The van der Waals surface area contributed by atoms with Gasteiger partial charge in [-0.25, -0.2) is 13.1 Å². The molecule has 2 aromatic carbocycles. The first kappa shape index (κ1) is 19.5. The van der Waals surface area contributed by atoms with Crippen LogP contribution in [-0.4, -0.2) is 37.3 Å². The Kier molecular flexibility index (Phi) is 5.59. The number of hydrogen-bond donors (Lipinski definition) is 1. The lowest BCUT2D eigenvalue weighted by atomic mass is 10.2. The second-order valence-electron chi connectivity index (χ2n) is 6.07. The lowest BCUT2D eigenvalue weighted by Gasteiger charge is -2.10. The highest BCUT2D eigenvalue weighted by Gasteiger charge is 2.14. The minimum Gasteiger partial charge on any atom is -0.346 e. The molecule has 0 atom stereocenters. The van der Waals surface area contributed by atoms with Gasteiger partial charge < -0.3 is 4.90 Å². The van der Waals surface area contributed by atoms with Crippen LogP contribution >= 0.6 is 23.2 Å². The van der Waals surface area contributed by atoms with Crippen LogP contribution in [0.5, 0.6) is 0 Å². The van der Waals surface area contributed by atoms with Gasteiger partial charge in [-0.1, -0.05) is 29.3 Å². The topological polar surface area (TPSA) is 80.1 Å². The number of benzene rings is 2. The molecule has 3 rings (SSSR count). The van der Waals surface area contributed by atoms with Crippen molar-refractivity contribution in [3.63, 3.8) is 0 Å². The minimum absolute atomic E-state index is 0.244. The smallest absolute Gasteiger partial charge is 0.244 e. The molecule has 0 bridgehead atoms. The molecule has 142 valence electrons. The van der Waals surface area contributed by atoms with Crippen LogP contribution in [0.4, 0.5) is 11.6 Å². The highest BCUT2D eigenvalue weighted by Crippen LogP contribution is 2.22. The standard InChI is InChI=1S/C17H17Cl2N5O2S/c1-23(2)17-20-11-24(21-17)16-5-3-4-15(9-16)22-27(25,26)10-12-6-13(18)8-14(19)7-12/h3-9,11,22H,10H2,1-2H3. The zero-order chi connectivity index (χ0) is 19.6. The molecule has 0 radical (unpaired) electrons. The van der Waals surface area contributed by atoms with Crippen LogP contribution < -0.4 is 9.62 Å². The van der Waals surface area contributed by atoms with E-state index in [9.17, 15) is 8.42 Å². The fourth-order valence-corrected chi connectivity index (χ4v) is 4.16. The maximum Gasteiger partial charge on any atom is 0.244 e. The summed E-state index contributed by atoms with van der Waals surface area (Å²) >= 11 is 11.9. The van der Waals surface area contributed by atoms with E-state index in [-0.39, 0.29) is 5.75 Å². The molecule has 0 saturated carbocycles. The van der Waals surface area contributed by atoms with Gasteiger partial charge >= 0.3 is 0 Å². The average molecular weight is 426 g/mol. The molecule has 0 unspecified atom stereocenters. The Morgan fingerprint density at radius 3 is 2.44 bits per heavy atom. The highest BCUT2D eigenvalue weighted by atomic mass is 35.5. The zero-order valence-electron chi connectivity index (χ0n) is 14.6. The van der Waals surface area contributed by atoms with Crippen molar-refractivity contribution in [1.29, 1.82) is 0 Å². The summed E-state index contributed by atoms with van der Waals surface area (Å²) < 4.78 is 29.1. The van der Waals surface area contributed by atoms with E-state index < -0.39 is 10.0 Å². The van der Waals surface area contributed by atoms with Crippen molar-refractivity contribution in [3.05, 3.63) is 64.4 Å². The molecule has 3 aromatic rings. The van der Waals surface area contributed by atoms with E-state index in [1.54, 1.807) is 52.3 Å². The Labute approximate surface area is 167 Å². The van der Waals surface area contributed by atoms with Gasteiger partial charge in [0.15, 0.2) is 0 Å². The third kappa shape index (κ3) is 5.12. The van der Waals surface area contributed by atoms with Crippen molar-refractivity contribution in [2.24, 2.45) is 0 Å². The van der Waals surface area contributed by atoms with Crippen molar-refractivity contribution >= 4 is 44.9 Å². The fourth-order valence-electron chi connectivity index (χ4n) is 2.42. The molecular weight excluding hydrogens is 409 g/mol. The summed E-state index contributed by atoms with van der Waals surface area (Å²) in [6.07, 6.45) is 1.57. The van der Waals surface area contributed by atoms with Gasteiger partial charge in [0.1, 0.15) is 6.33 Å². The van der Waals surface area contributed by atoms with Gasteiger partial charge in [0.25, 0.3) is 0 Å². The first-order valence-electron chi connectivity index (χ1n) is 7.87. The quantitative estimate of drug-likeness (QED) is 0.652. The van der Waals surface area contributed by atoms with E-state index in [1.807, 2.05) is 20.2 Å². The number of anilines is 2. The third-order valence-electron chi connectivity index (χ3n) is 3.54. The van der Waals surface area contributed by atoms with Crippen molar-refractivity contribution in [3.8, 4) is 5.69 Å². The maximum atomic E-state index is 12.5. The molecule has 7 nitrogen and oxygen atoms in total. The van der Waals surface area contributed by atoms with Crippen LogP contribution in [0.1, 0.15) is 5.56 Å². The Hall–Kier alpha value is -2.29. The first-order chi connectivity index (χ1) is 12.7. The lowest BCUT2D eigenvalue weighted by molar-refractivity contribution is 0.600. The van der Waals surface area contributed by atoms with Gasteiger partial charge in [-0.3, -0.25) is 4.72 Å². The first-order valence-corrected chi connectivity index (χ1v) is 10.3. The molecular formula is C17H17Cl2N5O2S. The van der Waals surface area contributed by atoms with E-state index in [2.05, 4.69) is 14.8 Å². The van der Waals surface area contributed by atoms with E-state index in [0.717, 1.165) is 0 Å². The van der Waals surface area contributed by atoms with E-state index in [0.29, 0.717) is 32.9 Å². The van der Waals surface area contributed by atoms with Gasteiger partial charge in [0, 0.05) is 24.1 Å². The number of aromatic nitrogens is 3. The number of nitrogens with one attached hydrogen (secondary N) is 1. The molecule has 27 heavy (non-hydrogen) atoms. The summed E-state index contributed by atoms with van der Waals surface area (Å²) in [6, 6.07) is 11.6. The molecule has 0 saturated heterocycles. The Morgan fingerprint density at radius 2 is 1.81 bits per heavy atom. The molecule has 0 amide bonds.